The lowest BCUT2D eigenvalue weighted by Crippen LogP contribution is -2.34. The Morgan fingerprint density at radius 3 is 2.46 bits per heavy atom. The Bertz CT molecular complexity index is 197. The number of hydrogen-bond donors (Lipinski definition) is 1. The van der Waals surface area contributed by atoms with E-state index in [1.165, 1.54) is 0 Å². The van der Waals surface area contributed by atoms with Gasteiger partial charge in [0.05, 0.1) is 6.54 Å². The number of alkyl carbamates (subject to hydrolysis) is 1. The van der Waals surface area contributed by atoms with Crippen molar-refractivity contribution in [1.82, 2.24) is 5.32 Å². The van der Waals surface area contributed by atoms with Crippen molar-refractivity contribution in [2.45, 2.75) is 26.4 Å². The van der Waals surface area contributed by atoms with E-state index in [1.54, 1.807) is 20.8 Å². The van der Waals surface area contributed by atoms with Crippen LogP contribution in [0.3, 0.4) is 0 Å². The van der Waals surface area contributed by atoms with Gasteiger partial charge >= 0.3 is 6.09 Å². The van der Waals surface area contributed by atoms with Gasteiger partial charge in [0.25, 0.3) is 0 Å². The quantitative estimate of drug-likeness (QED) is 0.526. The predicted molar refractivity (Wildman–Crippen MR) is 46.1 cm³/mol. The number of carbonyl (C=O) groups is 1. The summed E-state index contributed by atoms with van der Waals surface area (Å²) < 4.78 is 4.85. The first-order valence-corrected chi connectivity index (χ1v) is 3.90. The molecule has 0 aliphatic rings. The highest BCUT2D eigenvalue weighted by molar-refractivity contribution is 5.67. The van der Waals surface area contributed by atoms with Crippen LogP contribution in [0.2, 0.25) is 0 Å². The van der Waals surface area contributed by atoms with Crippen molar-refractivity contribution >= 4 is 6.09 Å². The van der Waals surface area contributed by atoms with Crippen LogP contribution in [0.5, 0.6) is 0 Å². The van der Waals surface area contributed by atoms with Crippen molar-refractivity contribution in [3.8, 4) is 0 Å². The Hall–Kier alpha value is -1.33. The highest BCUT2D eigenvalue weighted by atomic mass is 16.6. The Morgan fingerprint density at radius 1 is 1.54 bits per heavy atom. The normalized spacial score (nSPS) is 10.7. The SMILES string of the molecule is CC(C)(C)OC(=O)NCC[N+](=O)[O-]. The van der Waals surface area contributed by atoms with Crippen molar-refractivity contribution in [3.63, 3.8) is 0 Å². The van der Waals surface area contributed by atoms with Crippen LogP contribution in [0.1, 0.15) is 20.8 Å². The zero-order chi connectivity index (χ0) is 10.5. The molecular formula is C7H14N2O4. The van der Waals surface area contributed by atoms with Crippen LogP contribution in [0, 0.1) is 10.1 Å². The van der Waals surface area contributed by atoms with Crippen LogP contribution < -0.4 is 5.32 Å². The number of ether oxygens (including phenoxy) is 1. The van der Waals surface area contributed by atoms with E-state index in [4.69, 9.17) is 4.74 Å². The number of nitro groups is 1. The van der Waals surface area contributed by atoms with Gasteiger partial charge in [-0.15, -0.1) is 0 Å². The number of nitrogens with zero attached hydrogens (tertiary/aromatic N) is 1. The summed E-state index contributed by atoms with van der Waals surface area (Å²) in [6, 6.07) is 0. The zero-order valence-corrected chi connectivity index (χ0v) is 7.99. The third-order valence-electron chi connectivity index (χ3n) is 0.963. The van der Waals surface area contributed by atoms with E-state index >= 15 is 0 Å². The smallest absolute Gasteiger partial charge is 0.407 e. The van der Waals surface area contributed by atoms with E-state index in [2.05, 4.69) is 5.32 Å². The van der Waals surface area contributed by atoms with Crippen LogP contribution in [0.25, 0.3) is 0 Å². The molecule has 76 valence electrons. The maximum absolute atomic E-state index is 10.9. The number of hydrogen-bond acceptors (Lipinski definition) is 4. The number of nitrogens with one attached hydrogen (secondary N) is 1. The van der Waals surface area contributed by atoms with E-state index < -0.39 is 16.6 Å². The standard InChI is InChI=1S/C7H14N2O4/c1-7(2,3)13-6(10)8-4-5-9(11)12/h4-5H2,1-3H3,(H,8,10). The van der Waals surface area contributed by atoms with E-state index in [0.717, 1.165) is 0 Å². The first kappa shape index (κ1) is 11.7. The van der Waals surface area contributed by atoms with Crippen molar-refractivity contribution < 1.29 is 14.5 Å². The monoisotopic (exact) mass is 190 g/mol. The minimum Gasteiger partial charge on any atom is -0.444 e. The van der Waals surface area contributed by atoms with E-state index in [1.807, 2.05) is 0 Å². The summed E-state index contributed by atoms with van der Waals surface area (Å²) in [5.74, 6) is 0. The second kappa shape index (κ2) is 4.64. The van der Waals surface area contributed by atoms with Gasteiger partial charge in [-0.1, -0.05) is 0 Å². The molecule has 1 amide bonds. The fourth-order valence-electron chi connectivity index (χ4n) is 0.563. The molecule has 6 nitrogen and oxygen atoms in total. The van der Waals surface area contributed by atoms with Crippen molar-refractivity contribution in [2.75, 3.05) is 13.1 Å². The fourth-order valence-corrected chi connectivity index (χ4v) is 0.563. The van der Waals surface area contributed by atoms with Gasteiger partial charge in [0.1, 0.15) is 5.60 Å². The number of carbonyl (C=O) groups excluding carboxylic acids is 1. The molecule has 0 rings (SSSR count). The lowest BCUT2D eigenvalue weighted by Gasteiger charge is -2.19. The minimum atomic E-state index is -0.630. The molecule has 0 spiro atoms. The Morgan fingerprint density at radius 2 is 2.08 bits per heavy atom. The maximum Gasteiger partial charge on any atom is 0.407 e. The molecule has 0 radical (unpaired) electrons. The number of rotatable bonds is 3. The molecule has 0 unspecified atom stereocenters. The Labute approximate surface area is 76.4 Å². The first-order chi connectivity index (χ1) is 5.81. The van der Waals surface area contributed by atoms with Crippen LogP contribution in [0.15, 0.2) is 0 Å². The fraction of sp³-hybridized carbons (Fsp3) is 0.857. The van der Waals surface area contributed by atoms with Crippen LogP contribution in [0.4, 0.5) is 4.79 Å². The van der Waals surface area contributed by atoms with Gasteiger partial charge in [0.2, 0.25) is 6.54 Å². The summed E-state index contributed by atoms with van der Waals surface area (Å²) in [7, 11) is 0. The summed E-state index contributed by atoms with van der Waals surface area (Å²) in [5.41, 5.74) is -0.571. The highest BCUT2D eigenvalue weighted by Crippen LogP contribution is 2.05. The molecule has 6 heteroatoms. The highest BCUT2D eigenvalue weighted by Gasteiger charge is 2.15. The number of amides is 1. The third-order valence-corrected chi connectivity index (χ3v) is 0.963. The van der Waals surface area contributed by atoms with Crippen molar-refractivity contribution in [2.24, 2.45) is 0 Å². The van der Waals surface area contributed by atoms with Gasteiger partial charge in [-0.3, -0.25) is 10.1 Å². The molecule has 0 aliphatic carbocycles. The molecule has 0 bridgehead atoms. The molecule has 0 aliphatic heterocycles. The van der Waals surface area contributed by atoms with Gasteiger partial charge in [-0.25, -0.2) is 4.79 Å². The summed E-state index contributed by atoms with van der Waals surface area (Å²) in [6.07, 6.45) is -0.630. The second-order valence-electron chi connectivity index (χ2n) is 3.49. The predicted octanol–water partition coefficient (Wildman–Crippen LogP) is 0.788. The van der Waals surface area contributed by atoms with E-state index in [-0.39, 0.29) is 13.1 Å². The molecule has 0 saturated carbocycles. The molecule has 0 heterocycles. The maximum atomic E-state index is 10.9. The zero-order valence-electron chi connectivity index (χ0n) is 7.99. The Kier molecular flexibility index (Phi) is 4.16. The molecule has 0 aromatic heterocycles. The van der Waals surface area contributed by atoms with Gasteiger partial charge in [-0.05, 0) is 20.8 Å². The topological polar surface area (TPSA) is 81.5 Å². The molecule has 13 heavy (non-hydrogen) atoms. The molecule has 0 aromatic carbocycles. The van der Waals surface area contributed by atoms with Crippen LogP contribution in [-0.2, 0) is 4.74 Å². The lowest BCUT2D eigenvalue weighted by atomic mass is 10.2. The minimum absolute atomic E-state index is 0.0120. The van der Waals surface area contributed by atoms with E-state index in [9.17, 15) is 14.9 Å². The molecule has 1 N–H and O–H groups in total. The third kappa shape index (κ3) is 8.58. The van der Waals surface area contributed by atoms with Crippen molar-refractivity contribution in [3.05, 3.63) is 10.1 Å². The first-order valence-electron chi connectivity index (χ1n) is 3.90. The molecule has 0 aromatic rings. The van der Waals surface area contributed by atoms with Crippen LogP contribution >= 0.6 is 0 Å². The van der Waals surface area contributed by atoms with Gasteiger partial charge < -0.3 is 10.1 Å². The van der Waals surface area contributed by atoms with Crippen LogP contribution in [-0.4, -0.2) is 29.7 Å². The van der Waals surface area contributed by atoms with Crippen molar-refractivity contribution in [1.29, 1.82) is 0 Å². The summed E-state index contributed by atoms with van der Waals surface area (Å²) >= 11 is 0. The van der Waals surface area contributed by atoms with Gasteiger partial charge in [-0.2, -0.15) is 0 Å². The summed E-state index contributed by atoms with van der Waals surface area (Å²) in [6.45, 7) is 4.86. The van der Waals surface area contributed by atoms with Gasteiger partial charge in [0.15, 0.2) is 0 Å². The van der Waals surface area contributed by atoms with E-state index in [0.29, 0.717) is 0 Å². The second-order valence-corrected chi connectivity index (χ2v) is 3.49. The molecular weight excluding hydrogens is 176 g/mol. The average molecular weight is 190 g/mol. The molecule has 0 fully saturated rings. The lowest BCUT2D eigenvalue weighted by molar-refractivity contribution is -0.477. The Balaban J connectivity index is 3.59. The molecule has 0 saturated heterocycles. The summed E-state index contributed by atoms with van der Waals surface area (Å²) in [5, 5.41) is 12.1. The summed E-state index contributed by atoms with van der Waals surface area (Å²) in [4.78, 5) is 20.3. The molecule has 0 atom stereocenters. The average Bonchev–Trinajstić information content (AvgIpc) is 1.81. The largest absolute Gasteiger partial charge is 0.444 e. The van der Waals surface area contributed by atoms with Gasteiger partial charge in [0, 0.05) is 4.92 Å².